The largest absolute Gasteiger partial charge is 0.476 e. The minimum absolute atomic E-state index is 0.00329. The van der Waals surface area contributed by atoms with Gasteiger partial charge in [0.25, 0.3) is 5.91 Å². The maximum atomic E-state index is 12.6. The fourth-order valence-electron chi connectivity index (χ4n) is 7.75. The van der Waals surface area contributed by atoms with Gasteiger partial charge in [-0.2, -0.15) is 9.97 Å². The van der Waals surface area contributed by atoms with Crippen molar-refractivity contribution in [1.29, 1.82) is 0 Å². The summed E-state index contributed by atoms with van der Waals surface area (Å²) in [5, 5.41) is 39.3. The molecule has 6 N–H and O–H groups in total. The summed E-state index contributed by atoms with van der Waals surface area (Å²) >= 11 is 4.24. The number of halogens is 2. The molecule has 10 rings (SSSR count). The number of nitrogens with one attached hydrogen (secondary N) is 1. The van der Waals surface area contributed by atoms with Crippen LogP contribution in [0, 0.1) is 13.8 Å². The van der Waals surface area contributed by atoms with Gasteiger partial charge in [-0.25, -0.2) is 14.8 Å². The number of nitrogens with zero attached hydrogens (tertiary/aromatic N) is 10. The Morgan fingerprint density at radius 1 is 0.672 bits per heavy atom. The third kappa shape index (κ3) is 13.1. The van der Waals surface area contributed by atoms with Crippen molar-refractivity contribution in [3.63, 3.8) is 0 Å². The van der Waals surface area contributed by atoms with Gasteiger partial charge in [-0.05, 0) is 59.4 Å². The zero-order chi connectivity index (χ0) is 47.5. The second kappa shape index (κ2) is 23.3. The summed E-state index contributed by atoms with van der Waals surface area (Å²) < 4.78 is 13.3. The molecule has 0 spiro atoms. The fraction of sp³-hybridized carbons (Fsp3) is 0.304. The maximum Gasteiger partial charge on any atom is 0.356 e. The quantitative estimate of drug-likeness (QED) is 0.102. The molecule has 2 atom stereocenters. The van der Waals surface area contributed by atoms with E-state index < -0.39 is 18.2 Å². The summed E-state index contributed by atoms with van der Waals surface area (Å²) in [6.45, 7) is 8.81. The van der Waals surface area contributed by atoms with Crippen LogP contribution < -0.4 is 11.1 Å². The number of imidazole rings is 2. The first-order valence-electron chi connectivity index (χ1n) is 21.4. The van der Waals surface area contributed by atoms with E-state index in [2.05, 4.69) is 125 Å². The number of pyridine rings is 2. The Bertz CT molecular complexity index is 2920. The number of rotatable bonds is 11. The molecule has 2 aliphatic heterocycles. The minimum Gasteiger partial charge on any atom is -0.476 e. The molecule has 67 heavy (non-hydrogen) atoms. The highest BCUT2D eigenvalue weighted by Gasteiger charge is 2.21. The number of hydrogen-bond donors (Lipinski definition) is 5. The lowest BCUT2D eigenvalue weighted by atomic mass is 10.00. The Kier molecular flexibility index (Phi) is 17.1. The van der Waals surface area contributed by atoms with Crippen LogP contribution in [-0.2, 0) is 25.9 Å². The molecule has 2 aliphatic rings. The van der Waals surface area contributed by atoms with Crippen LogP contribution in [0.4, 0.5) is 0 Å². The molecular weight excluding hydrogens is 1090 g/mol. The lowest BCUT2D eigenvalue weighted by Gasteiger charge is -2.30. The van der Waals surface area contributed by atoms with Crippen molar-refractivity contribution < 1.29 is 34.0 Å². The summed E-state index contributed by atoms with van der Waals surface area (Å²) in [7, 11) is 0. The van der Waals surface area contributed by atoms with Gasteiger partial charge in [0.05, 0.1) is 12.2 Å². The molecule has 0 aliphatic carbocycles. The van der Waals surface area contributed by atoms with E-state index in [1.54, 1.807) is 59.4 Å². The van der Waals surface area contributed by atoms with Gasteiger partial charge in [0, 0.05) is 139 Å². The SMILES string of the molecule is Cc1nc(-c2ccc3nc(C(=O)NC[C@H](O)CN4CCc5ccccc5C4)cn3c2)no1.Cc1nc(-c2ccc3nc(C(=O)O)cn3c2)no1.II.NC[C@H](O)CN1CCc2ccccc2C1. The molecule has 0 saturated heterocycles. The molecule has 350 valence electrons. The number of hydrogen-bond acceptors (Lipinski definition) is 15. The van der Waals surface area contributed by atoms with Crippen molar-refractivity contribution in [2.45, 2.75) is 52.0 Å². The predicted octanol–water partition coefficient (Wildman–Crippen LogP) is 5.37. The van der Waals surface area contributed by atoms with E-state index in [0.29, 0.717) is 54.4 Å². The van der Waals surface area contributed by atoms with E-state index in [1.165, 1.54) is 28.5 Å². The van der Waals surface area contributed by atoms with E-state index in [-0.39, 0.29) is 23.8 Å². The van der Waals surface area contributed by atoms with Crippen molar-refractivity contribution >= 4 is 60.4 Å². The van der Waals surface area contributed by atoms with E-state index >= 15 is 0 Å². The number of carbonyl (C=O) groups is 2. The number of aromatic nitrogens is 8. The Balaban J connectivity index is 0.000000161. The zero-order valence-corrected chi connectivity index (χ0v) is 41.1. The van der Waals surface area contributed by atoms with Crippen LogP contribution in [0.3, 0.4) is 0 Å². The third-order valence-electron chi connectivity index (χ3n) is 11.1. The highest BCUT2D eigenvalue weighted by Crippen LogP contribution is 2.21. The molecule has 0 fully saturated rings. The number of carboxylic acids is 1. The van der Waals surface area contributed by atoms with Crippen molar-refractivity contribution in [3.05, 3.63) is 143 Å². The summed E-state index contributed by atoms with van der Waals surface area (Å²) in [5.74, 6) is 0.511. The first-order valence-corrected chi connectivity index (χ1v) is 27.7. The van der Waals surface area contributed by atoms with Gasteiger partial charge in [0.1, 0.15) is 17.0 Å². The number of β-amino-alcohol motifs (C(OH)–C–C–N with tert-alkyl or cyclic N) is 2. The summed E-state index contributed by atoms with van der Waals surface area (Å²) in [6, 6.07) is 24.0. The van der Waals surface area contributed by atoms with Crippen molar-refractivity contribution in [3.8, 4) is 22.8 Å². The topological polar surface area (TPSA) is 252 Å². The van der Waals surface area contributed by atoms with Gasteiger partial charge < -0.3 is 44.2 Å². The van der Waals surface area contributed by atoms with Crippen molar-refractivity contribution in [2.24, 2.45) is 5.73 Å². The first kappa shape index (κ1) is 49.2. The number of nitrogens with two attached hydrogens (primary N) is 1. The summed E-state index contributed by atoms with van der Waals surface area (Å²) in [6.07, 6.45) is 7.59. The van der Waals surface area contributed by atoms with E-state index in [1.807, 2.05) is 12.1 Å². The van der Waals surface area contributed by atoms with Crippen LogP contribution in [0.2, 0.25) is 0 Å². The molecule has 0 unspecified atom stereocenters. The number of carboxylic acid groups (broad SMARTS) is 1. The zero-order valence-electron chi connectivity index (χ0n) is 36.7. The number of carbonyl (C=O) groups excluding carboxylic acids is 1. The molecule has 6 aromatic heterocycles. The third-order valence-corrected chi connectivity index (χ3v) is 11.1. The second-order valence-electron chi connectivity index (χ2n) is 16.0. The lowest BCUT2D eigenvalue weighted by Crippen LogP contribution is -2.42. The molecule has 1 amide bonds. The standard InChI is InChI=1S/C23H24N6O3.C12H18N2O.C11H8N4O3.I2/c1-15-25-22(27-32-15)18-6-7-21-26-20(14-29(21)12-18)23(31)24-10-19(30)13-28-9-8-16-4-2-3-5-17(16)11-28;13-7-12(15)9-14-6-5-10-3-1-2-4-11(10)8-14;1-6-12-10(14-18-6)7-2-3-9-13-8(11(16)17)5-15(9)4-7;1-2/h2-7,12,14,19,30H,8-11,13H2,1H3,(H,24,31);1-4,12,15H,5-9,13H2;2-5H,1H3,(H,16,17);/t19-;12-;;/m00../s1. The molecule has 8 heterocycles. The number of aliphatic hydroxyl groups is 2. The van der Waals surface area contributed by atoms with Crippen LogP contribution in [0.1, 0.15) is 55.0 Å². The first-order chi connectivity index (χ1) is 32.5. The minimum atomic E-state index is -1.06. The number of aryl methyl sites for hydroxylation is 2. The van der Waals surface area contributed by atoms with Crippen LogP contribution in [0.15, 0.2) is 107 Å². The number of amides is 1. The number of aliphatic hydroxyl groups excluding tert-OH is 2. The average Bonchev–Trinajstić information content (AvgIpc) is 4.18. The number of aromatic carboxylic acids is 1. The predicted molar refractivity (Wildman–Crippen MR) is 266 cm³/mol. The molecular formula is C46H50I2N12O7. The summed E-state index contributed by atoms with van der Waals surface area (Å²) in [5.41, 5.74) is 13.9. The number of benzene rings is 2. The molecule has 0 radical (unpaired) electrons. The van der Waals surface area contributed by atoms with Gasteiger partial charge in [0.15, 0.2) is 5.69 Å². The highest BCUT2D eigenvalue weighted by molar-refractivity contribution is 15.0. The van der Waals surface area contributed by atoms with Crippen LogP contribution in [0.5, 0.6) is 0 Å². The molecule has 19 nitrogen and oxygen atoms in total. The molecule has 2 aromatic carbocycles. The lowest BCUT2D eigenvalue weighted by molar-refractivity contribution is 0.0690. The second-order valence-corrected chi connectivity index (χ2v) is 16.0. The maximum absolute atomic E-state index is 12.6. The van der Waals surface area contributed by atoms with Crippen molar-refractivity contribution in [2.75, 3.05) is 39.3 Å². The smallest absolute Gasteiger partial charge is 0.356 e. The average molecular weight is 1140 g/mol. The van der Waals surface area contributed by atoms with Crippen molar-refractivity contribution in [1.82, 2.24) is 54.2 Å². The number of fused-ring (bicyclic) bond motifs is 4. The van der Waals surface area contributed by atoms with Crippen LogP contribution >= 0.6 is 37.2 Å². The molecule has 21 heteroatoms. The summed E-state index contributed by atoms with van der Waals surface area (Å²) in [4.78, 5) is 44.5. The highest BCUT2D eigenvalue weighted by atomic mass is 128. The van der Waals surface area contributed by atoms with Gasteiger partial charge in [-0.1, -0.05) is 58.8 Å². The Morgan fingerprint density at radius 3 is 1.60 bits per heavy atom. The monoisotopic (exact) mass is 1140 g/mol. The fourth-order valence-corrected chi connectivity index (χ4v) is 7.75. The molecule has 0 saturated carbocycles. The van der Waals surface area contributed by atoms with E-state index in [9.17, 15) is 19.8 Å². The Morgan fingerprint density at radius 2 is 1.13 bits per heavy atom. The molecule has 8 aromatic rings. The van der Waals surface area contributed by atoms with Gasteiger partial charge in [0.2, 0.25) is 23.4 Å². The normalized spacial score (nSPS) is 14.3. The van der Waals surface area contributed by atoms with E-state index in [0.717, 1.165) is 50.1 Å². The van der Waals surface area contributed by atoms with Gasteiger partial charge in [-0.3, -0.25) is 14.6 Å². The van der Waals surface area contributed by atoms with Gasteiger partial charge >= 0.3 is 5.97 Å². The van der Waals surface area contributed by atoms with Crippen LogP contribution in [-0.4, -0.2) is 128 Å². The molecule has 0 bridgehead atoms. The van der Waals surface area contributed by atoms with Crippen LogP contribution in [0.25, 0.3) is 34.1 Å². The Labute approximate surface area is 408 Å². The Hall–Kier alpha value is -5.70. The van der Waals surface area contributed by atoms with E-state index in [4.69, 9.17) is 19.9 Å². The van der Waals surface area contributed by atoms with Gasteiger partial charge in [-0.15, -0.1) is 0 Å².